The molecule has 0 spiro atoms. The number of nitrogens with one attached hydrogen (secondary N) is 3. The first kappa shape index (κ1) is 23.6. The van der Waals surface area contributed by atoms with E-state index in [4.69, 9.17) is 4.42 Å². The lowest BCUT2D eigenvalue weighted by Gasteiger charge is -2.13. The molecule has 1 aromatic heterocycles. The van der Waals surface area contributed by atoms with Gasteiger partial charge in [-0.1, -0.05) is 24.3 Å². The molecule has 3 aromatic rings. The Morgan fingerprint density at radius 3 is 2.21 bits per heavy atom. The van der Waals surface area contributed by atoms with Crippen molar-refractivity contribution in [2.75, 3.05) is 21.1 Å². The van der Waals surface area contributed by atoms with Gasteiger partial charge >= 0.3 is 0 Å². The van der Waals surface area contributed by atoms with E-state index in [1.165, 1.54) is 0 Å². The van der Waals surface area contributed by atoms with E-state index in [1.807, 2.05) is 48.5 Å². The number of nitrogens with zero attached hydrogens (tertiary/aromatic N) is 2. The summed E-state index contributed by atoms with van der Waals surface area (Å²) in [6.45, 7) is 1.41. The first-order chi connectivity index (χ1) is 16.0. The molecule has 1 heterocycles. The first-order valence-corrected chi connectivity index (χ1v) is 10.6. The molecule has 0 unspecified atom stereocenters. The maximum absolute atomic E-state index is 12.4. The van der Waals surface area contributed by atoms with Gasteiger partial charge in [-0.3, -0.25) is 14.6 Å². The summed E-state index contributed by atoms with van der Waals surface area (Å²) in [4.78, 5) is 30.2. The summed E-state index contributed by atoms with van der Waals surface area (Å²) in [5.41, 5.74) is 3.22. The van der Waals surface area contributed by atoms with Crippen LogP contribution in [0.4, 0.5) is 0 Å². The zero-order chi connectivity index (χ0) is 23.6. The lowest BCUT2D eigenvalue weighted by molar-refractivity contribution is 0.0827. The van der Waals surface area contributed by atoms with Crippen LogP contribution in [-0.2, 0) is 19.6 Å². The van der Waals surface area contributed by atoms with Crippen LogP contribution in [0.2, 0.25) is 0 Å². The van der Waals surface area contributed by atoms with Crippen LogP contribution in [-0.4, -0.2) is 43.8 Å². The van der Waals surface area contributed by atoms with E-state index in [0.29, 0.717) is 42.5 Å². The maximum atomic E-state index is 12.4. The third kappa shape index (κ3) is 6.96. The van der Waals surface area contributed by atoms with Crippen molar-refractivity contribution in [3.8, 4) is 0 Å². The Hall–Kier alpha value is -4.07. The molecule has 0 aliphatic heterocycles. The number of benzene rings is 2. The van der Waals surface area contributed by atoms with Crippen molar-refractivity contribution in [2.45, 2.75) is 19.6 Å². The largest absolute Gasteiger partial charge is 0.467 e. The lowest BCUT2D eigenvalue weighted by Crippen LogP contribution is -2.36. The van der Waals surface area contributed by atoms with Crippen LogP contribution in [0.1, 0.15) is 37.6 Å². The average molecular weight is 448 g/mol. The van der Waals surface area contributed by atoms with Crippen LogP contribution in [0.3, 0.4) is 0 Å². The Balaban J connectivity index is 1.49. The number of carbonyl (C=O) groups is 2. The van der Waals surface area contributed by atoms with Crippen molar-refractivity contribution < 1.29 is 14.0 Å². The van der Waals surface area contributed by atoms with Crippen molar-refractivity contribution in [3.63, 3.8) is 0 Å². The van der Waals surface area contributed by atoms with E-state index < -0.39 is 0 Å². The number of hydrogen-bond donors (Lipinski definition) is 3. The third-order valence-electron chi connectivity index (χ3n) is 4.94. The van der Waals surface area contributed by atoms with E-state index >= 15 is 0 Å². The Labute approximate surface area is 193 Å². The number of carbonyl (C=O) groups excluding carboxylic acids is 2. The number of hydrogen-bond acceptors (Lipinski definition) is 4. The Morgan fingerprint density at radius 1 is 0.848 bits per heavy atom. The van der Waals surface area contributed by atoms with E-state index in [-0.39, 0.29) is 11.8 Å². The highest BCUT2D eigenvalue weighted by molar-refractivity contribution is 5.94. The number of aliphatic imine (C=N–C) groups is 1. The Kier molecular flexibility index (Phi) is 8.24. The minimum Gasteiger partial charge on any atom is -0.467 e. The van der Waals surface area contributed by atoms with Gasteiger partial charge in [-0.05, 0) is 47.5 Å². The van der Waals surface area contributed by atoms with E-state index in [0.717, 1.165) is 11.1 Å². The molecule has 8 heteroatoms. The van der Waals surface area contributed by atoms with Gasteiger partial charge in [0.15, 0.2) is 5.96 Å². The van der Waals surface area contributed by atoms with E-state index in [2.05, 4.69) is 20.9 Å². The molecule has 33 heavy (non-hydrogen) atoms. The van der Waals surface area contributed by atoms with Crippen molar-refractivity contribution in [2.24, 2.45) is 4.99 Å². The van der Waals surface area contributed by atoms with Gasteiger partial charge in [0.1, 0.15) is 5.76 Å². The van der Waals surface area contributed by atoms with Crippen LogP contribution in [0.25, 0.3) is 0 Å². The molecule has 0 bridgehead atoms. The summed E-state index contributed by atoms with van der Waals surface area (Å²) in [7, 11) is 5.17. The zero-order valence-electron chi connectivity index (χ0n) is 19.1. The van der Waals surface area contributed by atoms with Crippen molar-refractivity contribution >= 4 is 17.8 Å². The van der Waals surface area contributed by atoms with Crippen LogP contribution >= 0.6 is 0 Å². The number of guanidine groups is 1. The highest BCUT2D eigenvalue weighted by Crippen LogP contribution is 2.08. The summed E-state index contributed by atoms with van der Waals surface area (Å²) in [6, 6.07) is 18.5. The number of amides is 2. The van der Waals surface area contributed by atoms with Crippen LogP contribution in [0.15, 0.2) is 76.3 Å². The highest BCUT2D eigenvalue weighted by atomic mass is 16.3. The minimum atomic E-state index is -0.160. The highest BCUT2D eigenvalue weighted by Gasteiger charge is 2.09. The van der Waals surface area contributed by atoms with Crippen LogP contribution in [0.5, 0.6) is 0 Å². The zero-order valence-corrected chi connectivity index (χ0v) is 19.1. The summed E-state index contributed by atoms with van der Waals surface area (Å²) >= 11 is 0. The SMILES string of the molecule is CN=C(NCc1ccc(C(=O)N(C)C)cc1)NCc1cccc(C(=O)NCc2ccco2)c1. The van der Waals surface area contributed by atoms with Crippen molar-refractivity contribution in [1.29, 1.82) is 0 Å². The normalized spacial score (nSPS) is 11.1. The number of rotatable bonds is 8. The molecule has 0 saturated heterocycles. The topological polar surface area (TPSA) is 99.0 Å². The molecule has 0 aliphatic carbocycles. The predicted octanol–water partition coefficient (Wildman–Crippen LogP) is 2.78. The Bertz CT molecular complexity index is 1090. The molecule has 0 fully saturated rings. The van der Waals surface area contributed by atoms with Gasteiger partial charge in [-0.15, -0.1) is 0 Å². The monoisotopic (exact) mass is 447 g/mol. The number of furan rings is 1. The molecule has 0 atom stereocenters. The molecule has 0 saturated carbocycles. The van der Waals surface area contributed by atoms with Gasteiger partial charge in [0.05, 0.1) is 12.8 Å². The quantitative estimate of drug-likeness (QED) is 0.364. The van der Waals surface area contributed by atoms with Gasteiger partial charge in [0, 0.05) is 45.4 Å². The second kappa shape index (κ2) is 11.5. The molecule has 8 nitrogen and oxygen atoms in total. The summed E-state index contributed by atoms with van der Waals surface area (Å²) in [6.07, 6.45) is 1.58. The average Bonchev–Trinajstić information content (AvgIpc) is 3.36. The first-order valence-electron chi connectivity index (χ1n) is 10.6. The minimum absolute atomic E-state index is 0.0242. The lowest BCUT2D eigenvalue weighted by atomic mass is 10.1. The molecular formula is C25H29N5O3. The Morgan fingerprint density at radius 2 is 1.58 bits per heavy atom. The maximum Gasteiger partial charge on any atom is 0.253 e. The van der Waals surface area contributed by atoms with Gasteiger partial charge in [-0.25, -0.2) is 0 Å². The summed E-state index contributed by atoms with van der Waals surface area (Å²) < 4.78 is 5.24. The van der Waals surface area contributed by atoms with Crippen LogP contribution in [0, 0.1) is 0 Å². The van der Waals surface area contributed by atoms with Crippen molar-refractivity contribution in [3.05, 3.63) is 94.9 Å². The molecule has 0 radical (unpaired) electrons. The molecule has 172 valence electrons. The molecule has 2 amide bonds. The van der Waals surface area contributed by atoms with E-state index in [1.54, 1.807) is 44.4 Å². The molecular weight excluding hydrogens is 418 g/mol. The van der Waals surface area contributed by atoms with Gasteiger partial charge in [0.2, 0.25) is 0 Å². The standard InChI is InChI=1S/C25H29N5O3/c1-26-25(28-15-18-9-11-20(12-10-18)24(32)30(2)3)29-16-19-6-4-7-21(14-19)23(31)27-17-22-8-5-13-33-22/h4-14H,15-17H2,1-3H3,(H,27,31)(H2,26,28,29). The molecule has 3 rings (SSSR count). The molecule has 2 aromatic carbocycles. The summed E-state index contributed by atoms with van der Waals surface area (Å²) in [5, 5.41) is 9.35. The molecule has 0 aliphatic rings. The van der Waals surface area contributed by atoms with E-state index in [9.17, 15) is 9.59 Å². The van der Waals surface area contributed by atoms with Crippen LogP contribution < -0.4 is 16.0 Å². The van der Waals surface area contributed by atoms with Gasteiger partial charge in [0.25, 0.3) is 11.8 Å². The second-order valence-corrected chi connectivity index (χ2v) is 7.64. The fraction of sp³-hybridized carbons (Fsp3) is 0.240. The second-order valence-electron chi connectivity index (χ2n) is 7.64. The fourth-order valence-corrected chi connectivity index (χ4v) is 3.12. The van der Waals surface area contributed by atoms with Gasteiger partial charge in [-0.2, -0.15) is 0 Å². The van der Waals surface area contributed by atoms with Crippen molar-refractivity contribution in [1.82, 2.24) is 20.9 Å². The third-order valence-corrected chi connectivity index (χ3v) is 4.94. The fourth-order valence-electron chi connectivity index (χ4n) is 3.12. The molecule has 3 N–H and O–H groups in total. The summed E-state index contributed by atoms with van der Waals surface area (Å²) in [5.74, 6) is 1.15. The predicted molar refractivity (Wildman–Crippen MR) is 128 cm³/mol. The smallest absolute Gasteiger partial charge is 0.253 e. The van der Waals surface area contributed by atoms with Gasteiger partial charge < -0.3 is 25.3 Å².